The molecule has 3 nitrogen and oxygen atoms in total. The van der Waals surface area contributed by atoms with Crippen LogP contribution in [-0.2, 0) is 4.79 Å². The number of ether oxygens (including phenoxy) is 1. The molecule has 2 N–H and O–H groups in total. The molecule has 0 saturated carbocycles. The highest BCUT2D eigenvalue weighted by Crippen LogP contribution is 2.20. The normalized spacial score (nSPS) is 12.2. The highest BCUT2D eigenvalue weighted by molar-refractivity contribution is 5.76. The van der Waals surface area contributed by atoms with Crippen molar-refractivity contribution < 1.29 is 9.53 Å². The molecule has 1 atom stereocenters. The number of amides is 1. The number of aryl methyl sites for hydroxylation is 1. The Kier molecular flexibility index (Phi) is 3.72. The summed E-state index contributed by atoms with van der Waals surface area (Å²) in [5.74, 6) is 0.230. The van der Waals surface area contributed by atoms with Crippen LogP contribution in [0.2, 0.25) is 0 Å². The molecule has 15 heavy (non-hydrogen) atoms. The van der Waals surface area contributed by atoms with Crippen molar-refractivity contribution in [2.75, 3.05) is 6.61 Å². The van der Waals surface area contributed by atoms with Gasteiger partial charge in [0.1, 0.15) is 5.75 Å². The molecule has 0 aliphatic heterocycles. The van der Waals surface area contributed by atoms with E-state index in [9.17, 15) is 4.79 Å². The lowest BCUT2D eigenvalue weighted by Gasteiger charge is -2.13. The number of hydrogen-bond acceptors (Lipinski definition) is 2. The Morgan fingerprint density at radius 1 is 1.47 bits per heavy atom. The summed E-state index contributed by atoms with van der Waals surface area (Å²) in [5, 5.41) is 0. The van der Waals surface area contributed by atoms with Crippen molar-refractivity contribution in [3.63, 3.8) is 0 Å². The molecule has 1 rings (SSSR count). The fourth-order valence-electron chi connectivity index (χ4n) is 1.18. The summed E-state index contributed by atoms with van der Waals surface area (Å²) in [7, 11) is 0. The van der Waals surface area contributed by atoms with Gasteiger partial charge in [-0.25, -0.2) is 0 Å². The highest BCUT2D eigenvalue weighted by atomic mass is 16.5. The molecular weight excluding hydrogens is 190 g/mol. The molecule has 0 bridgehead atoms. The molecule has 0 radical (unpaired) electrons. The monoisotopic (exact) mass is 207 g/mol. The number of hydrogen-bond donors (Lipinski definition) is 1. The van der Waals surface area contributed by atoms with Crippen LogP contribution in [0.4, 0.5) is 0 Å². The van der Waals surface area contributed by atoms with Gasteiger partial charge in [0, 0.05) is 0 Å². The first-order chi connectivity index (χ1) is 7.02. The van der Waals surface area contributed by atoms with E-state index in [1.165, 1.54) is 5.56 Å². The quantitative estimate of drug-likeness (QED) is 0.818. The van der Waals surface area contributed by atoms with Gasteiger partial charge in [-0.15, -0.1) is 0 Å². The van der Waals surface area contributed by atoms with Gasteiger partial charge in [-0.1, -0.05) is 19.1 Å². The Morgan fingerprint density at radius 2 is 2.13 bits per heavy atom. The van der Waals surface area contributed by atoms with Crippen LogP contribution < -0.4 is 10.5 Å². The minimum atomic E-state index is -0.333. The molecule has 0 saturated heterocycles. The van der Waals surface area contributed by atoms with Crippen molar-refractivity contribution in [3.05, 3.63) is 29.3 Å². The van der Waals surface area contributed by atoms with Crippen LogP contribution in [-0.4, -0.2) is 12.5 Å². The molecular formula is C12H17NO2. The zero-order valence-corrected chi connectivity index (χ0v) is 9.41. The van der Waals surface area contributed by atoms with Gasteiger partial charge in [-0.05, 0) is 31.0 Å². The average Bonchev–Trinajstić information content (AvgIpc) is 2.19. The zero-order chi connectivity index (χ0) is 11.4. The largest absolute Gasteiger partial charge is 0.492 e. The van der Waals surface area contributed by atoms with Gasteiger partial charge in [0.05, 0.1) is 12.5 Å². The third kappa shape index (κ3) is 2.98. The van der Waals surface area contributed by atoms with Gasteiger partial charge in [-0.3, -0.25) is 4.79 Å². The summed E-state index contributed by atoms with van der Waals surface area (Å²) in [6, 6.07) is 5.86. The lowest BCUT2D eigenvalue weighted by molar-refractivity contribution is -0.122. The van der Waals surface area contributed by atoms with E-state index in [4.69, 9.17) is 10.5 Å². The number of benzene rings is 1. The predicted molar refractivity (Wildman–Crippen MR) is 59.8 cm³/mol. The van der Waals surface area contributed by atoms with E-state index in [-0.39, 0.29) is 11.8 Å². The summed E-state index contributed by atoms with van der Waals surface area (Å²) >= 11 is 0. The lowest BCUT2D eigenvalue weighted by Crippen LogP contribution is -2.25. The second kappa shape index (κ2) is 4.82. The fraction of sp³-hybridized carbons (Fsp3) is 0.417. The summed E-state index contributed by atoms with van der Waals surface area (Å²) < 4.78 is 5.54. The van der Waals surface area contributed by atoms with Gasteiger partial charge in [0.15, 0.2) is 0 Å². The maximum atomic E-state index is 10.8. The van der Waals surface area contributed by atoms with Crippen molar-refractivity contribution in [3.8, 4) is 5.75 Å². The Labute approximate surface area is 90.2 Å². The molecule has 0 aromatic heterocycles. The second-order valence-electron chi connectivity index (χ2n) is 3.81. The van der Waals surface area contributed by atoms with Crippen molar-refractivity contribution in [1.82, 2.24) is 0 Å². The summed E-state index contributed by atoms with van der Waals surface area (Å²) in [5.41, 5.74) is 7.43. The number of nitrogens with two attached hydrogens (primary N) is 1. The summed E-state index contributed by atoms with van der Waals surface area (Å²) in [6.07, 6.45) is 0. The molecule has 0 aliphatic carbocycles. The van der Waals surface area contributed by atoms with E-state index in [1.54, 1.807) is 6.92 Å². The summed E-state index contributed by atoms with van der Waals surface area (Å²) in [4.78, 5) is 10.8. The Bertz CT molecular complexity index is 361. The van der Waals surface area contributed by atoms with Gasteiger partial charge >= 0.3 is 0 Å². The van der Waals surface area contributed by atoms with Crippen LogP contribution >= 0.6 is 0 Å². The van der Waals surface area contributed by atoms with Crippen molar-refractivity contribution in [1.29, 1.82) is 0 Å². The van der Waals surface area contributed by atoms with Gasteiger partial charge in [0.2, 0.25) is 5.91 Å². The van der Waals surface area contributed by atoms with Gasteiger partial charge in [0.25, 0.3) is 0 Å². The van der Waals surface area contributed by atoms with E-state index < -0.39 is 0 Å². The first-order valence-electron chi connectivity index (χ1n) is 5.00. The average molecular weight is 207 g/mol. The van der Waals surface area contributed by atoms with Crippen LogP contribution in [0.25, 0.3) is 0 Å². The molecule has 3 heteroatoms. The molecule has 1 aromatic carbocycles. The van der Waals surface area contributed by atoms with Crippen LogP contribution in [0.1, 0.15) is 18.1 Å². The summed E-state index contributed by atoms with van der Waals surface area (Å²) in [6.45, 7) is 6.12. The van der Waals surface area contributed by atoms with Crippen molar-refractivity contribution >= 4 is 5.91 Å². The van der Waals surface area contributed by atoms with Crippen LogP contribution in [0.5, 0.6) is 5.75 Å². The van der Waals surface area contributed by atoms with Gasteiger partial charge in [-0.2, -0.15) is 0 Å². The molecule has 0 fully saturated rings. The van der Waals surface area contributed by atoms with E-state index in [1.807, 2.05) is 32.0 Å². The Hall–Kier alpha value is -1.51. The van der Waals surface area contributed by atoms with Crippen molar-refractivity contribution in [2.45, 2.75) is 20.8 Å². The fourth-order valence-corrected chi connectivity index (χ4v) is 1.18. The smallest absolute Gasteiger partial charge is 0.223 e. The number of rotatable bonds is 4. The first kappa shape index (κ1) is 11.6. The Morgan fingerprint density at radius 3 is 2.73 bits per heavy atom. The first-order valence-corrected chi connectivity index (χ1v) is 5.00. The van der Waals surface area contributed by atoms with E-state index in [2.05, 4.69) is 0 Å². The van der Waals surface area contributed by atoms with E-state index in [0.29, 0.717) is 6.61 Å². The second-order valence-corrected chi connectivity index (χ2v) is 3.81. The third-order valence-electron chi connectivity index (χ3n) is 2.53. The molecule has 1 unspecified atom stereocenters. The zero-order valence-electron chi connectivity index (χ0n) is 9.41. The minimum Gasteiger partial charge on any atom is -0.492 e. The molecule has 1 aromatic rings. The van der Waals surface area contributed by atoms with E-state index >= 15 is 0 Å². The SMILES string of the molecule is Cc1cccc(OCC(C)C(N)=O)c1C. The molecule has 0 heterocycles. The number of carbonyl (C=O) groups is 1. The predicted octanol–water partition coefficient (Wildman–Crippen LogP) is 1.80. The molecule has 0 aliphatic rings. The molecule has 1 amide bonds. The lowest BCUT2D eigenvalue weighted by atomic mass is 10.1. The third-order valence-corrected chi connectivity index (χ3v) is 2.53. The van der Waals surface area contributed by atoms with Crippen LogP contribution in [0.3, 0.4) is 0 Å². The highest BCUT2D eigenvalue weighted by Gasteiger charge is 2.10. The minimum absolute atomic E-state index is 0.259. The van der Waals surface area contributed by atoms with Crippen LogP contribution in [0.15, 0.2) is 18.2 Å². The van der Waals surface area contributed by atoms with E-state index in [0.717, 1.165) is 11.3 Å². The Balaban J connectivity index is 2.66. The standard InChI is InChI=1S/C12H17NO2/c1-8-5-4-6-11(10(8)3)15-7-9(2)12(13)14/h4-6,9H,7H2,1-3H3,(H2,13,14). The molecule has 82 valence electrons. The van der Waals surface area contributed by atoms with Crippen LogP contribution in [0, 0.1) is 19.8 Å². The topological polar surface area (TPSA) is 52.3 Å². The van der Waals surface area contributed by atoms with Crippen molar-refractivity contribution in [2.24, 2.45) is 11.7 Å². The maximum absolute atomic E-state index is 10.8. The number of primary amides is 1. The maximum Gasteiger partial charge on any atom is 0.223 e. The van der Waals surface area contributed by atoms with Gasteiger partial charge < -0.3 is 10.5 Å². The number of carbonyl (C=O) groups excluding carboxylic acids is 1. The molecule has 0 spiro atoms.